The Morgan fingerprint density at radius 1 is 1.38 bits per heavy atom. The van der Waals surface area contributed by atoms with Gasteiger partial charge in [0.05, 0.1) is 23.6 Å². The number of hydrogen-bond donors (Lipinski definition) is 2. The number of hydrogen-bond acceptors (Lipinski definition) is 5. The fraction of sp³-hybridized carbons (Fsp3) is 0.238. The van der Waals surface area contributed by atoms with E-state index in [2.05, 4.69) is 21.4 Å². The molecule has 29 heavy (non-hydrogen) atoms. The summed E-state index contributed by atoms with van der Waals surface area (Å²) in [4.78, 5) is 20.7. The zero-order chi connectivity index (χ0) is 20.7. The summed E-state index contributed by atoms with van der Waals surface area (Å²) in [6, 6.07) is 10.1. The van der Waals surface area contributed by atoms with Gasteiger partial charge in [-0.2, -0.15) is 5.26 Å². The first-order valence-electron chi connectivity index (χ1n) is 9.04. The molecule has 0 bridgehead atoms. The molecule has 2 atom stereocenters. The predicted molar refractivity (Wildman–Crippen MR) is 105 cm³/mol. The van der Waals surface area contributed by atoms with Gasteiger partial charge in [-0.3, -0.25) is 4.79 Å². The van der Waals surface area contributed by atoms with Crippen molar-refractivity contribution < 1.29 is 13.6 Å². The largest absolute Gasteiger partial charge is 0.383 e. The molecule has 0 radical (unpaired) electrons. The van der Waals surface area contributed by atoms with Crippen molar-refractivity contribution in [3.63, 3.8) is 0 Å². The summed E-state index contributed by atoms with van der Waals surface area (Å²) in [5.41, 5.74) is 7.48. The number of rotatable bonds is 4. The Morgan fingerprint density at radius 3 is 2.86 bits per heavy atom. The molecule has 1 aliphatic rings. The Hall–Kier alpha value is -3.60. The Bertz CT molecular complexity index is 1170. The maximum absolute atomic E-state index is 13.2. The lowest BCUT2D eigenvalue weighted by molar-refractivity contribution is -0.117. The fourth-order valence-electron chi connectivity index (χ4n) is 3.39. The van der Waals surface area contributed by atoms with E-state index in [4.69, 9.17) is 11.0 Å². The van der Waals surface area contributed by atoms with Gasteiger partial charge in [0.15, 0.2) is 0 Å². The Kier molecular flexibility index (Phi) is 4.59. The van der Waals surface area contributed by atoms with E-state index in [-0.39, 0.29) is 29.1 Å². The minimum Gasteiger partial charge on any atom is -0.383 e. The number of nitrogen functional groups attached to an aromatic ring is 1. The van der Waals surface area contributed by atoms with Crippen molar-refractivity contribution in [1.29, 1.82) is 5.26 Å². The lowest BCUT2D eigenvalue weighted by Gasteiger charge is -2.12. The first kappa shape index (κ1) is 18.7. The number of benzene rings is 1. The number of halogens is 2. The molecule has 0 aliphatic heterocycles. The standard InChI is InChI=1S/C21H17F2N5O/c1-10-13(3-2-4-14(10)19(22)23)17-6-11-7-18(26-9-16(11)20(25)27-17)28-21(29)15-5-12(15)8-24/h2-4,6-7,9,12,15,19H,5H2,1H3,(H2,25,27)(H,26,28,29)/t12-,15+/m1/s1. The van der Waals surface area contributed by atoms with Crippen molar-refractivity contribution in [1.82, 2.24) is 9.97 Å². The van der Waals surface area contributed by atoms with Crippen LogP contribution in [0.4, 0.5) is 20.4 Å². The highest BCUT2D eigenvalue weighted by atomic mass is 19.3. The number of carbonyl (C=O) groups is 1. The number of carbonyl (C=O) groups excluding carboxylic acids is 1. The molecule has 3 aromatic rings. The molecule has 1 aliphatic carbocycles. The van der Waals surface area contributed by atoms with E-state index in [1.165, 1.54) is 12.3 Å². The molecule has 0 saturated heterocycles. The Morgan fingerprint density at radius 2 is 2.17 bits per heavy atom. The second-order valence-corrected chi connectivity index (χ2v) is 7.07. The Balaban J connectivity index is 1.72. The fourth-order valence-corrected chi connectivity index (χ4v) is 3.39. The third kappa shape index (κ3) is 3.47. The molecule has 2 aromatic heterocycles. The van der Waals surface area contributed by atoms with E-state index in [9.17, 15) is 13.6 Å². The summed E-state index contributed by atoms with van der Waals surface area (Å²) in [5, 5.41) is 12.8. The highest BCUT2D eigenvalue weighted by Gasteiger charge is 2.43. The molecule has 2 heterocycles. The van der Waals surface area contributed by atoms with Crippen molar-refractivity contribution in [3.8, 4) is 17.3 Å². The highest BCUT2D eigenvalue weighted by Crippen LogP contribution is 2.38. The summed E-state index contributed by atoms with van der Waals surface area (Å²) in [5.74, 6) is -0.245. The SMILES string of the molecule is Cc1c(-c2cc3cc(NC(=O)[C@H]4C[C@@H]4C#N)ncc3c(N)n2)cccc1C(F)F. The van der Waals surface area contributed by atoms with Crippen LogP contribution in [0.3, 0.4) is 0 Å². The Labute approximate surface area is 165 Å². The molecule has 1 fully saturated rings. The predicted octanol–water partition coefficient (Wildman–Crippen LogP) is 4.22. The number of amides is 1. The van der Waals surface area contributed by atoms with Crippen LogP contribution in [0.15, 0.2) is 36.5 Å². The van der Waals surface area contributed by atoms with Crippen LogP contribution in [0, 0.1) is 30.1 Å². The van der Waals surface area contributed by atoms with E-state index >= 15 is 0 Å². The maximum atomic E-state index is 13.2. The molecule has 146 valence electrons. The number of pyridine rings is 2. The van der Waals surface area contributed by atoms with Gasteiger partial charge in [-0.05, 0) is 36.4 Å². The molecular weight excluding hydrogens is 376 g/mol. The lowest BCUT2D eigenvalue weighted by atomic mass is 9.99. The van der Waals surface area contributed by atoms with Crippen LogP contribution in [-0.2, 0) is 4.79 Å². The van der Waals surface area contributed by atoms with Gasteiger partial charge in [0, 0.05) is 22.7 Å². The average molecular weight is 393 g/mol. The van der Waals surface area contributed by atoms with Gasteiger partial charge >= 0.3 is 0 Å². The minimum atomic E-state index is -2.58. The van der Waals surface area contributed by atoms with Crippen molar-refractivity contribution in [3.05, 3.63) is 47.7 Å². The zero-order valence-electron chi connectivity index (χ0n) is 15.5. The van der Waals surface area contributed by atoms with Crippen LogP contribution in [0.5, 0.6) is 0 Å². The summed E-state index contributed by atoms with van der Waals surface area (Å²) in [6.45, 7) is 1.62. The number of alkyl halides is 2. The van der Waals surface area contributed by atoms with E-state index in [0.717, 1.165) is 0 Å². The zero-order valence-corrected chi connectivity index (χ0v) is 15.5. The van der Waals surface area contributed by atoms with E-state index in [0.29, 0.717) is 39.8 Å². The van der Waals surface area contributed by atoms with E-state index < -0.39 is 6.43 Å². The van der Waals surface area contributed by atoms with Crippen molar-refractivity contribution in [2.24, 2.45) is 11.8 Å². The molecule has 4 rings (SSSR count). The number of nitrogens with two attached hydrogens (primary N) is 1. The van der Waals surface area contributed by atoms with Gasteiger partial charge in [0.2, 0.25) is 5.91 Å². The van der Waals surface area contributed by atoms with Crippen molar-refractivity contribution >= 4 is 28.3 Å². The number of anilines is 2. The van der Waals surface area contributed by atoms with Gasteiger partial charge < -0.3 is 11.1 Å². The van der Waals surface area contributed by atoms with Gasteiger partial charge in [-0.1, -0.05) is 18.2 Å². The average Bonchev–Trinajstić information content (AvgIpc) is 3.47. The van der Waals surface area contributed by atoms with Gasteiger partial charge in [0.1, 0.15) is 11.6 Å². The quantitative estimate of drug-likeness (QED) is 0.690. The van der Waals surface area contributed by atoms with Crippen LogP contribution in [0.2, 0.25) is 0 Å². The summed E-state index contributed by atoms with van der Waals surface area (Å²) in [6.07, 6.45) is -0.524. The molecule has 0 spiro atoms. The number of fused-ring (bicyclic) bond motifs is 1. The molecular formula is C21H17F2N5O. The summed E-state index contributed by atoms with van der Waals surface area (Å²) < 4.78 is 26.5. The molecule has 0 unspecified atom stereocenters. The first-order chi connectivity index (χ1) is 13.9. The third-order valence-electron chi connectivity index (χ3n) is 5.18. The summed E-state index contributed by atoms with van der Waals surface area (Å²) >= 11 is 0. The van der Waals surface area contributed by atoms with Crippen molar-refractivity contribution in [2.75, 3.05) is 11.1 Å². The maximum Gasteiger partial charge on any atom is 0.264 e. The molecule has 8 heteroatoms. The lowest BCUT2D eigenvalue weighted by Crippen LogP contribution is -2.15. The van der Waals surface area contributed by atoms with Crippen LogP contribution in [0.1, 0.15) is 24.0 Å². The highest BCUT2D eigenvalue weighted by molar-refractivity contribution is 5.98. The van der Waals surface area contributed by atoms with Crippen LogP contribution in [-0.4, -0.2) is 15.9 Å². The monoisotopic (exact) mass is 393 g/mol. The number of nitrogens with zero attached hydrogens (tertiary/aromatic N) is 3. The third-order valence-corrected chi connectivity index (χ3v) is 5.18. The molecule has 1 saturated carbocycles. The molecule has 1 amide bonds. The van der Waals surface area contributed by atoms with Crippen LogP contribution < -0.4 is 11.1 Å². The topological polar surface area (TPSA) is 105 Å². The van der Waals surface area contributed by atoms with E-state index in [1.807, 2.05) is 0 Å². The molecule has 6 nitrogen and oxygen atoms in total. The molecule has 3 N–H and O–H groups in total. The number of nitrogens with one attached hydrogen (secondary N) is 1. The van der Waals surface area contributed by atoms with Crippen molar-refractivity contribution in [2.45, 2.75) is 19.8 Å². The number of nitriles is 1. The minimum absolute atomic E-state index is 0.0536. The van der Waals surface area contributed by atoms with Gasteiger partial charge in [-0.15, -0.1) is 0 Å². The second kappa shape index (κ2) is 7.09. The van der Waals surface area contributed by atoms with Crippen LogP contribution in [0.25, 0.3) is 22.0 Å². The first-order valence-corrected chi connectivity index (χ1v) is 9.04. The number of aromatic nitrogens is 2. The normalized spacial score (nSPS) is 17.9. The smallest absolute Gasteiger partial charge is 0.264 e. The van der Waals surface area contributed by atoms with Gasteiger partial charge in [-0.25, -0.2) is 18.7 Å². The summed E-state index contributed by atoms with van der Waals surface area (Å²) in [7, 11) is 0. The van der Waals surface area contributed by atoms with E-state index in [1.54, 1.807) is 31.2 Å². The van der Waals surface area contributed by atoms with Gasteiger partial charge in [0.25, 0.3) is 6.43 Å². The van der Waals surface area contributed by atoms with Crippen LogP contribution >= 0.6 is 0 Å². The molecule has 1 aromatic carbocycles. The second-order valence-electron chi connectivity index (χ2n) is 7.07.